The molecule has 3 aromatic rings. The van der Waals surface area contributed by atoms with E-state index >= 15 is 0 Å². The second-order valence-corrected chi connectivity index (χ2v) is 6.66. The number of amides is 1. The Kier molecular flexibility index (Phi) is 3.85. The van der Waals surface area contributed by atoms with Crippen molar-refractivity contribution in [3.8, 4) is 0 Å². The number of nitrogens with one attached hydrogen (secondary N) is 1. The molecule has 1 aromatic carbocycles. The molecule has 0 saturated heterocycles. The van der Waals surface area contributed by atoms with Crippen LogP contribution in [-0.2, 0) is 18.3 Å². The number of hydrogen-bond donors (Lipinski definition) is 1. The van der Waals surface area contributed by atoms with Crippen molar-refractivity contribution >= 4 is 38.8 Å². The lowest BCUT2D eigenvalue weighted by molar-refractivity contribution is -0.120. The first-order chi connectivity index (χ1) is 10.1. The van der Waals surface area contributed by atoms with Crippen LogP contribution < -0.4 is 10.2 Å². The molecule has 0 radical (unpaired) electrons. The summed E-state index contributed by atoms with van der Waals surface area (Å²) in [6.45, 7) is 1.92. The topological polar surface area (TPSA) is 59.3 Å². The first kappa shape index (κ1) is 14.0. The van der Waals surface area contributed by atoms with Crippen LogP contribution in [0.1, 0.15) is 10.7 Å². The van der Waals surface area contributed by atoms with E-state index in [-0.39, 0.29) is 12.3 Å². The number of thiazole rings is 2. The number of aryl methyl sites for hydroxylation is 2. The Labute approximate surface area is 129 Å². The summed E-state index contributed by atoms with van der Waals surface area (Å²) in [5.74, 6) is -0.155. The molecule has 108 valence electrons. The van der Waals surface area contributed by atoms with Crippen LogP contribution in [0, 0.1) is 6.92 Å². The summed E-state index contributed by atoms with van der Waals surface area (Å²) in [5, 5.41) is 7.06. The third-order valence-electron chi connectivity index (χ3n) is 3.00. The normalized spacial score (nSPS) is 12.0. The van der Waals surface area contributed by atoms with Gasteiger partial charge in [-0.05, 0) is 19.1 Å². The molecule has 0 spiro atoms. The first-order valence-electron chi connectivity index (χ1n) is 6.41. The van der Waals surface area contributed by atoms with E-state index in [9.17, 15) is 4.79 Å². The van der Waals surface area contributed by atoms with Crippen molar-refractivity contribution in [2.75, 3.05) is 0 Å². The number of hydrogen-bond acceptors (Lipinski definition) is 5. The highest BCUT2D eigenvalue weighted by atomic mass is 32.1. The minimum absolute atomic E-state index is 0.155. The van der Waals surface area contributed by atoms with Gasteiger partial charge in [0.2, 0.25) is 10.7 Å². The molecule has 0 bridgehead atoms. The second kappa shape index (κ2) is 5.79. The SMILES string of the molecule is Cc1nc(CC(=O)NN=c2sc3ccccc3n2C)cs1. The summed E-state index contributed by atoms with van der Waals surface area (Å²) in [4.78, 5) is 16.9. The smallest absolute Gasteiger partial charge is 0.246 e. The van der Waals surface area contributed by atoms with Gasteiger partial charge in [0.1, 0.15) is 0 Å². The van der Waals surface area contributed by atoms with E-state index in [0.717, 1.165) is 25.7 Å². The van der Waals surface area contributed by atoms with Crippen LogP contribution in [0.5, 0.6) is 0 Å². The summed E-state index contributed by atoms with van der Waals surface area (Å²) in [7, 11) is 1.94. The van der Waals surface area contributed by atoms with Gasteiger partial charge in [0.25, 0.3) is 0 Å². The van der Waals surface area contributed by atoms with Gasteiger partial charge >= 0.3 is 0 Å². The van der Waals surface area contributed by atoms with Crippen molar-refractivity contribution in [1.29, 1.82) is 0 Å². The van der Waals surface area contributed by atoms with E-state index in [0.29, 0.717) is 0 Å². The maximum absolute atomic E-state index is 11.9. The second-order valence-electron chi connectivity index (χ2n) is 4.59. The Morgan fingerprint density at radius 3 is 2.95 bits per heavy atom. The van der Waals surface area contributed by atoms with Gasteiger partial charge in [0, 0.05) is 12.4 Å². The molecule has 0 atom stereocenters. The van der Waals surface area contributed by atoms with Gasteiger partial charge in [0.05, 0.1) is 27.3 Å². The highest BCUT2D eigenvalue weighted by molar-refractivity contribution is 7.16. The zero-order valence-corrected chi connectivity index (χ0v) is 13.3. The maximum atomic E-state index is 11.9. The first-order valence-corrected chi connectivity index (χ1v) is 8.11. The van der Waals surface area contributed by atoms with Crippen LogP contribution in [0.15, 0.2) is 34.7 Å². The molecule has 5 nitrogen and oxygen atoms in total. The van der Waals surface area contributed by atoms with Gasteiger partial charge in [-0.1, -0.05) is 23.5 Å². The van der Waals surface area contributed by atoms with Crippen molar-refractivity contribution in [2.24, 2.45) is 12.1 Å². The summed E-state index contributed by atoms with van der Waals surface area (Å²) in [6, 6.07) is 8.05. The molecule has 1 amide bonds. The zero-order valence-electron chi connectivity index (χ0n) is 11.7. The lowest BCUT2D eigenvalue weighted by Gasteiger charge is -1.97. The lowest BCUT2D eigenvalue weighted by atomic mass is 10.3. The van der Waals surface area contributed by atoms with E-state index < -0.39 is 0 Å². The van der Waals surface area contributed by atoms with E-state index in [1.165, 1.54) is 0 Å². The van der Waals surface area contributed by atoms with E-state index in [4.69, 9.17) is 0 Å². The molecule has 0 aliphatic heterocycles. The summed E-state index contributed by atoms with van der Waals surface area (Å²) in [6.07, 6.45) is 0.252. The average Bonchev–Trinajstić information content (AvgIpc) is 3.01. The third kappa shape index (κ3) is 3.03. The molecule has 21 heavy (non-hydrogen) atoms. The molecule has 0 fully saturated rings. The maximum Gasteiger partial charge on any atom is 0.246 e. The quantitative estimate of drug-likeness (QED) is 0.753. The number of fused-ring (bicyclic) bond motifs is 1. The predicted octanol–water partition coefficient (Wildman–Crippen LogP) is 2.18. The van der Waals surface area contributed by atoms with Crippen LogP contribution >= 0.6 is 22.7 Å². The number of carbonyl (C=O) groups excluding carboxylic acids is 1. The molecular weight excluding hydrogens is 304 g/mol. The van der Waals surface area contributed by atoms with Crippen molar-refractivity contribution in [1.82, 2.24) is 15.0 Å². The van der Waals surface area contributed by atoms with E-state index in [2.05, 4.69) is 15.5 Å². The van der Waals surface area contributed by atoms with Crippen LogP contribution in [0.25, 0.3) is 10.2 Å². The fourth-order valence-electron chi connectivity index (χ4n) is 1.99. The highest BCUT2D eigenvalue weighted by Crippen LogP contribution is 2.14. The van der Waals surface area contributed by atoms with Gasteiger partial charge in [0.15, 0.2) is 0 Å². The molecule has 3 rings (SSSR count). The van der Waals surface area contributed by atoms with E-state index in [1.54, 1.807) is 22.7 Å². The van der Waals surface area contributed by atoms with Crippen molar-refractivity contribution < 1.29 is 4.79 Å². The van der Waals surface area contributed by atoms with Gasteiger partial charge < -0.3 is 4.57 Å². The molecule has 1 N–H and O–H groups in total. The summed E-state index contributed by atoms with van der Waals surface area (Å²) < 4.78 is 3.11. The minimum atomic E-state index is -0.155. The number of para-hydroxylation sites is 1. The number of benzene rings is 1. The van der Waals surface area contributed by atoms with Crippen LogP contribution in [-0.4, -0.2) is 15.5 Å². The Balaban J connectivity index is 1.78. The molecular formula is C14H14N4OS2. The molecule has 0 aliphatic carbocycles. The third-order valence-corrected chi connectivity index (χ3v) is 4.93. The molecule has 2 heterocycles. The van der Waals surface area contributed by atoms with Crippen LogP contribution in [0.4, 0.5) is 0 Å². The zero-order chi connectivity index (χ0) is 14.8. The number of rotatable bonds is 3. The van der Waals surface area contributed by atoms with Crippen LogP contribution in [0.2, 0.25) is 0 Å². The highest BCUT2D eigenvalue weighted by Gasteiger charge is 2.06. The van der Waals surface area contributed by atoms with E-state index in [1.807, 2.05) is 48.2 Å². The molecule has 0 saturated carbocycles. The molecule has 7 heteroatoms. The molecule has 0 unspecified atom stereocenters. The standard InChI is InChI=1S/C14H14N4OS2/c1-9-15-10(8-20-9)7-13(19)16-17-14-18(2)11-5-3-4-6-12(11)21-14/h3-6,8H,7H2,1-2H3,(H,16,19). The van der Waals surface area contributed by atoms with Gasteiger partial charge in [-0.25, -0.2) is 10.4 Å². The average molecular weight is 318 g/mol. The summed E-state index contributed by atoms with van der Waals surface area (Å²) >= 11 is 3.09. The Hall–Kier alpha value is -1.99. The van der Waals surface area contributed by atoms with Gasteiger partial charge in [-0.2, -0.15) is 0 Å². The minimum Gasteiger partial charge on any atom is -0.318 e. The lowest BCUT2D eigenvalue weighted by Crippen LogP contribution is -2.24. The molecule has 0 aliphatic rings. The van der Waals surface area contributed by atoms with Crippen LogP contribution in [0.3, 0.4) is 0 Å². The summed E-state index contributed by atoms with van der Waals surface area (Å²) in [5.41, 5.74) is 4.48. The number of aromatic nitrogens is 2. The van der Waals surface area contributed by atoms with Crippen molar-refractivity contribution in [3.05, 3.63) is 45.1 Å². The number of nitrogens with zero attached hydrogens (tertiary/aromatic N) is 3. The fourth-order valence-corrected chi connectivity index (χ4v) is 3.58. The van der Waals surface area contributed by atoms with Crippen molar-refractivity contribution in [2.45, 2.75) is 13.3 Å². The largest absolute Gasteiger partial charge is 0.318 e. The Bertz CT molecular complexity index is 859. The Morgan fingerprint density at radius 2 is 2.24 bits per heavy atom. The monoisotopic (exact) mass is 318 g/mol. The van der Waals surface area contributed by atoms with Gasteiger partial charge in [-0.15, -0.1) is 16.4 Å². The Morgan fingerprint density at radius 1 is 1.43 bits per heavy atom. The number of carbonyl (C=O) groups is 1. The fraction of sp³-hybridized carbons (Fsp3) is 0.214. The molecule has 2 aromatic heterocycles. The van der Waals surface area contributed by atoms with Gasteiger partial charge in [-0.3, -0.25) is 4.79 Å². The van der Waals surface area contributed by atoms with Crippen molar-refractivity contribution in [3.63, 3.8) is 0 Å². The predicted molar refractivity (Wildman–Crippen MR) is 85.1 cm³/mol.